The second kappa shape index (κ2) is 9.05. The Morgan fingerprint density at radius 2 is 2.07 bits per heavy atom. The zero-order chi connectivity index (χ0) is 20.9. The van der Waals surface area contributed by atoms with Crippen LogP contribution in [0.3, 0.4) is 0 Å². The highest BCUT2D eigenvalue weighted by molar-refractivity contribution is 5.77. The Hall–Kier alpha value is -2.93. The van der Waals surface area contributed by atoms with Crippen LogP contribution in [0.2, 0.25) is 0 Å². The number of benzene rings is 1. The summed E-state index contributed by atoms with van der Waals surface area (Å²) < 4.78 is 0. The number of pyridine rings is 1. The van der Waals surface area contributed by atoms with E-state index in [1.165, 1.54) is 4.90 Å². The molecule has 0 saturated carbocycles. The standard InChI is InChI=1S/C22H28N4O3/c1-25(2)20(27)14-22(29)10-6-12-26(16-22)21(28)24-15-17-7-5-8-18(13-17)19-9-3-4-11-23-19/h3-5,7-9,11,13,29H,6,10,12,14-16H2,1-2H3,(H,24,28). The van der Waals surface area contributed by atoms with Gasteiger partial charge in [-0.15, -0.1) is 0 Å². The van der Waals surface area contributed by atoms with Crippen LogP contribution in [0.5, 0.6) is 0 Å². The number of amides is 3. The maximum atomic E-state index is 12.6. The third kappa shape index (κ3) is 5.54. The monoisotopic (exact) mass is 396 g/mol. The highest BCUT2D eigenvalue weighted by atomic mass is 16.3. The molecular formula is C22H28N4O3. The van der Waals surface area contributed by atoms with Gasteiger partial charge in [-0.25, -0.2) is 4.79 Å². The Bertz CT molecular complexity index is 856. The van der Waals surface area contributed by atoms with Gasteiger partial charge in [0.2, 0.25) is 5.91 Å². The van der Waals surface area contributed by atoms with Crippen LogP contribution in [-0.2, 0) is 11.3 Å². The summed E-state index contributed by atoms with van der Waals surface area (Å²) >= 11 is 0. The molecule has 2 heterocycles. The predicted octanol–water partition coefficient (Wildman–Crippen LogP) is 2.26. The Morgan fingerprint density at radius 3 is 2.79 bits per heavy atom. The first kappa shape index (κ1) is 20.8. The van der Waals surface area contributed by atoms with Crippen LogP contribution < -0.4 is 5.32 Å². The minimum absolute atomic E-state index is 0.0237. The van der Waals surface area contributed by atoms with Gasteiger partial charge in [0.1, 0.15) is 0 Å². The van der Waals surface area contributed by atoms with Crippen LogP contribution in [-0.4, -0.2) is 64.6 Å². The van der Waals surface area contributed by atoms with E-state index in [0.29, 0.717) is 25.9 Å². The summed E-state index contributed by atoms with van der Waals surface area (Å²) in [5, 5.41) is 13.7. The summed E-state index contributed by atoms with van der Waals surface area (Å²) in [6.45, 7) is 1.11. The summed E-state index contributed by atoms with van der Waals surface area (Å²) in [4.78, 5) is 32.0. The Morgan fingerprint density at radius 1 is 1.24 bits per heavy atom. The molecule has 1 fully saturated rings. The van der Waals surface area contributed by atoms with Gasteiger partial charge in [-0.3, -0.25) is 9.78 Å². The number of likely N-dealkylation sites (tertiary alicyclic amines) is 1. The molecule has 0 radical (unpaired) electrons. The number of rotatable bonds is 5. The van der Waals surface area contributed by atoms with E-state index in [2.05, 4.69) is 10.3 Å². The summed E-state index contributed by atoms with van der Waals surface area (Å²) in [5.74, 6) is -0.138. The molecule has 29 heavy (non-hydrogen) atoms. The lowest BCUT2D eigenvalue weighted by molar-refractivity contribution is -0.135. The summed E-state index contributed by atoms with van der Waals surface area (Å²) in [6.07, 6.45) is 2.96. The highest BCUT2D eigenvalue weighted by Gasteiger charge is 2.37. The molecule has 1 atom stereocenters. The van der Waals surface area contributed by atoms with E-state index in [-0.39, 0.29) is 24.9 Å². The second-order valence-corrected chi connectivity index (χ2v) is 7.79. The van der Waals surface area contributed by atoms with Crippen molar-refractivity contribution in [1.82, 2.24) is 20.1 Å². The smallest absolute Gasteiger partial charge is 0.317 e. The van der Waals surface area contributed by atoms with E-state index in [0.717, 1.165) is 16.8 Å². The largest absolute Gasteiger partial charge is 0.387 e. The van der Waals surface area contributed by atoms with Gasteiger partial charge in [-0.1, -0.05) is 24.3 Å². The average Bonchev–Trinajstić information content (AvgIpc) is 2.72. The van der Waals surface area contributed by atoms with E-state index >= 15 is 0 Å². The Kier molecular flexibility index (Phi) is 6.49. The first-order valence-electron chi connectivity index (χ1n) is 9.82. The van der Waals surface area contributed by atoms with E-state index in [1.807, 2.05) is 42.5 Å². The number of carbonyl (C=O) groups is 2. The van der Waals surface area contributed by atoms with Gasteiger partial charge >= 0.3 is 6.03 Å². The number of carbonyl (C=O) groups excluding carboxylic acids is 2. The zero-order valence-electron chi connectivity index (χ0n) is 17.0. The zero-order valence-corrected chi connectivity index (χ0v) is 17.0. The van der Waals surface area contributed by atoms with Gasteiger partial charge in [-0.2, -0.15) is 0 Å². The van der Waals surface area contributed by atoms with E-state index in [1.54, 1.807) is 25.2 Å². The van der Waals surface area contributed by atoms with Gasteiger partial charge in [-0.05, 0) is 36.6 Å². The number of piperidine rings is 1. The molecule has 2 aromatic rings. The first-order valence-corrected chi connectivity index (χ1v) is 9.82. The number of aromatic nitrogens is 1. The lowest BCUT2D eigenvalue weighted by atomic mass is 9.89. The topological polar surface area (TPSA) is 85.8 Å². The molecule has 1 aromatic heterocycles. The van der Waals surface area contributed by atoms with Gasteiger partial charge in [0.25, 0.3) is 0 Å². The molecular weight excluding hydrogens is 368 g/mol. The minimum Gasteiger partial charge on any atom is -0.387 e. The maximum Gasteiger partial charge on any atom is 0.317 e. The van der Waals surface area contributed by atoms with Crippen molar-refractivity contribution < 1.29 is 14.7 Å². The normalized spacial score (nSPS) is 18.9. The average molecular weight is 396 g/mol. The number of aliphatic hydroxyl groups is 1. The predicted molar refractivity (Wildman–Crippen MR) is 111 cm³/mol. The minimum atomic E-state index is -1.17. The van der Waals surface area contributed by atoms with E-state index in [4.69, 9.17) is 0 Å². The maximum absolute atomic E-state index is 12.6. The fraction of sp³-hybridized carbons (Fsp3) is 0.409. The molecule has 1 aromatic carbocycles. The lowest BCUT2D eigenvalue weighted by Gasteiger charge is -2.39. The van der Waals surface area contributed by atoms with Gasteiger partial charge < -0.3 is 20.2 Å². The van der Waals surface area contributed by atoms with Crippen LogP contribution in [0.15, 0.2) is 48.7 Å². The SMILES string of the molecule is CN(C)C(=O)CC1(O)CCCN(C(=O)NCc2cccc(-c3ccccn3)c2)C1. The van der Waals surface area contributed by atoms with E-state index in [9.17, 15) is 14.7 Å². The van der Waals surface area contributed by atoms with Gasteiger partial charge in [0.05, 0.1) is 24.3 Å². The van der Waals surface area contributed by atoms with Crippen molar-refractivity contribution >= 4 is 11.9 Å². The number of hydrogen-bond acceptors (Lipinski definition) is 4. The van der Waals surface area contributed by atoms with Crippen molar-refractivity contribution in [3.63, 3.8) is 0 Å². The summed E-state index contributed by atoms with van der Waals surface area (Å²) in [6, 6.07) is 13.4. The number of β-amino-alcohol motifs (C(OH)–C–C–N with tert-alkyl or cyclic N) is 1. The number of urea groups is 1. The van der Waals surface area contributed by atoms with Crippen molar-refractivity contribution in [2.75, 3.05) is 27.2 Å². The van der Waals surface area contributed by atoms with Crippen molar-refractivity contribution in [1.29, 1.82) is 0 Å². The second-order valence-electron chi connectivity index (χ2n) is 7.79. The molecule has 1 unspecified atom stereocenters. The molecule has 0 aliphatic carbocycles. The van der Waals surface area contributed by atoms with Crippen molar-refractivity contribution in [3.8, 4) is 11.3 Å². The first-order chi connectivity index (χ1) is 13.9. The van der Waals surface area contributed by atoms with Crippen LogP contribution in [0.4, 0.5) is 4.79 Å². The molecule has 7 nitrogen and oxygen atoms in total. The third-order valence-corrected chi connectivity index (χ3v) is 5.15. The molecule has 3 amide bonds. The molecule has 3 rings (SSSR count). The molecule has 0 spiro atoms. The van der Waals surface area contributed by atoms with Crippen molar-refractivity contribution in [2.24, 2.45) is 0 Å². The van der Waals surface area contributed by atoms with Crippen LogP contribution in [0, 0.1) is 0 Å². The molecule has 1 saturated heterocycles. The van der Waals surface area contributed by atoms with Crippen molar-refractivity contribution in [3.05, 3.63) is 54.2 Å². The summed E-state index contributed by atoms with van der Waals surface area (Å²) in [7, 11) is 3.33. The Labute approximate surface area is 171 Å². The van der Waals surface area contributed by atoms with Crippen molar-refractivity contribution in [2.45, 2.75) is 31.4 Å². The van der Waals surface area contributed by atoms with Crippen LogP contribution >= 0.6 is 0 Å². The number of nitrogens with one attached hydrogen (secondary N) is 1. The Balaban J connectivity index is 1.59. The fourth-order valence-corrected chi connectivity index (χ4v) is 3.53. The molecule has 0 bridgehead atoms. The number of hydrogen-bond donors (Lipinski definition) is 2. The summed E-state index contributed by atoms with van der Waals surface area (Å²) in [5.41, 5.74) is 1.67. The third-order valence-electron chi connectivity index (χ3n) is 5.15. The molecule has 7 heteroatoms. The van der Waals surface area contributed by atoms with Gasteiger partial charge in [0, 0.05) is 38.9 Å². The fourth-order valence-electron chi connectivity index (χ4n) is 3.53. The molecule has 154 valence electrons. The highest BCUT2D eigenvalue weighted by Crippen LogP contribution is 2.25. The quantitative estimate of drug-likeness (QED) is 0.812. The van der Waals surface area contributed by atoms with Gasteiger partial charge in [0.15, 0.2) is 0 Å². The molecule has 1 aliphatic heterocycles. The van der Waals surface area contributed by atoms with Crippen LogP contribution in [0.25, 0.3) is 11.3 Å². The lowest BCUT2D eigenvalue weighted by Crippen LogP contribution is -2.54. The number of nitrogens with zero attached hydrogens (tertiary/aromatic N) is 3. The van der Waals surface area contributed by atoms with E-state index < -0.39 is 5.60 Å². The molecule has 2 N–H and O–H groups in total. The molecule has 1 aliphatic rings. The van der Waals surface area contributed by atoms with Crippen LogP contribution in [0.1, 0.15) is 24.8 Å².